The van der Waals surface area contributed by atoms with E-state index in [1.165, 1.54) is 21.1 Å². The van der Waals surface area contributed by atoms with Crippen molar-refractivity contribution in [1.82, 2.24) is 0 Å². The van der Waals surface area contributed by atoms with Crippen molar-refractivity contribution in [1.29, 1.82) is 0 Å². The molecule has 2 atom stereocenters. The summed E-state index contributed by atoms with van der Waals surface area (Å²) in [7, 11) is -0.248. The van der Waals surface area contributed by atoms with E-state index < -0.39 is 5.41 Å². The molecule has 4 nitrogen and oxygen atoms in total. The van der Waals surface area contributed by atoms with Crippen molar-refractivity contribution in [2.45, 2.75) is 60.1 Å². The average Bonchev–Trinajstić information content (AvgIpc) is 2.93. The summed E-state index contributed by atoms with van der Waals surface area (Å²) in [5.41, 5.74) is -0.200. The quantitative estimate of drug-likeness (QED) is 0.130. The van der Waals surface area contributed by atoms with Crippen LogP contribution >= 0.6 is 0 Å². The molecule has 4 saturated carbocycles. The number of benzene rings is 3. The van der Waals surface area contributed by atoms with Crippen LogP contribution in [-0.4, -0.2) is 18.5 Å². The molecular weight excluding hydrogens is 504 g/mol. The topological polar surface area (TPSA) is 52.6 Å². The minimum Gasteiger partial charge on any atom is -0.462 e. The molecule has 4 aliphatic carbocycles. The summed E-state index contributed by atoms with van der Waals surface area (Å²) >= 11 is 0. The second kappa shape index (κ2) is 10.3. The van der Waals surface area contributed by atoms with E-state index >= 15 is 0 Å². The first kappa shape index (κ1) is 25.9. The number of ether oxygens (including phenoxy) is 2. The lowest BCUT2D eigenvalue weighted by atomic mass is 9.44. The molecule has 39 heavy (non-hydrogen) atoms. The molecular formula is C34H35O4S+. The first-order valence-electron chi connectivity index (χ1n) is 13.8. The lowest BCUT2D eigenvalue weighted by Crippen LogP contribution is -2.57. The summed E-state index contributed by atoms with van der Waals surface area (Å²) in [4.78, 5) is 29.6. The Morgan fingerprint density at radius 3 is 1.90 bits per heavy atom. The van der Waals surface area contributed by atoms with Crippen LogP contribution in [0.1, 0.15) is 45.4 Å². The summed E-state index contributed by atoms with van der Waals surface area (Å²) in [5, 5.41) is 0. The van der Waals surface area contributed by atoms with Crippen LogP contribution in [0.2, 0.25) is 0 Å². The van der Waals surface area contributed by atoms with Crippen LogP contribution in [0.3, 0.4) is 0 Å². The molecule has 0 N–H and O–H groups in total. The van der Waals surface area contributed by atoms with Gasteiger partial charge < -0.3 is 9.47 Å². The van der Waals surface area contributed by atoms with Gasteiger partial charge in [-0.3, -0.25) is 4.79 Å². The molecule has 0 aliphatic heterocycles. The van der Waals surface area contributed by atoms with E-state index in [-0.39, 0.29) is 28.2 Å². The third-order valence-electron chi connectivity index (χ3n) is 8.70. The Bertz CT molecular complexity index is 1310. The van der Waals surface area contributed by atoms with E-state index in [0.717, 1.165) is 32.1 Å². The Hall–Kier alpha value is -3.31. The van der Waals surface area contributed by atoms with Crippen LogP contribution in [0, 0.1) is 22.7 Å². The number of hydrogen-bond donors (Lipinski definition) is 0. The van der Waals surface area contributed by atoms with Crippen molar-refractivity contribution in [3.8, 4) is 5.75 Å². The van der Waals surface area contributed by atoms with Crippen LogP contribution < -0.4 is 4.74 Å². The van der Waals surface area contributed by atoms with Crippen LogP contribution in [0.4, 0.5) is 0 Å². The van der Waals surface area contributed by atoms with Gasteiger partial charge >= 0.3 is 11.9 Å². The summed E-state index contributed by atoms with van der Waals surface area (Å²) in [6, 6.07) is 29.1. The molecule has 0 heterocycles. The molecule has 4 aliphatic rings. The molecule has 0 saturated heterocycles. The Balaban J connectivity index is 1.20. The van der Waals surface area contributed by atoms with Gasteiger partial charge in [0, 0.05) is 11.0 Å². The highest BCUT2D eigenvalue weighted by Crippen LogP contribution is 2.65. The van der Waals surface area contributed by atoms with Crippen molar-refractivity contribution in [2.75, 3.05) is 6.61 Å². The molecule has 3 aromatic carbocycles. The molecule has 0 radical (unpaired) electrons. The van der Waals surface area contributed by atoms with Gasteiger partial charge in [-0.05, 0) is 106 Å². The largest absolute Gasteiger partial charge is 0.462 e. The maximum atomic E-state index is 13.8. The Morgan fingerprint density at radius 2 is 1.36 bits per heavy atom. The first-order valence-corrected chi connectivity index (χ1v) is 15.1. The van der Waals surface area contributed by atoms with E-state index in [0.29, 0.717) is 29.8 Å². The highest BCUT2D eigenvalue weighted by atomic mass is 32.2. The lowest BCUT2D eigenvalue weighted by Gasteiger charge is -2.60. The third-order valence-corrected chi connectivity index (χ3v) is 10.9. The molecule has 5 heteroatoms. The van der Waals surface area contributed by atoms with Crippen molar-refractivity contribution < 1.29 is 19.1 Å². The SMILES string of the molecule is C=C(C)C(=O)OCC12CC3CC(C1)CC(C(=O)Oc1ccc([S+](c4ccccc4)c4ccccc4)cc1)(C3)C2. The molecule has 0 amide bonds. The Kier molecular flexibility index (Phi) is 6.88. The molecule has 200 valence electrons. The maximum absolute atomic E-state index is 13.8. The first-order chi connectivity index (χ1) is 18.8. The van der Waals surface area contributed by atoms with Gasteiger partial charge in [-0.15, -0.1) is 0 Å². The number of hydrogen-bond acceptors (Lipinski definition) is 4. The number of carbonyl (C=O) groups excluding carboxylic acids is 2. The van der Waals surface area contributed by atoms with Crippen LogP contribution in [-0.2, 0) is 25.2 Å². The third kappa shape index (κ3) is 5.17. The normalized spacial score (nSPS) is 26.8. The molecule has 0 spiro atoms. The fraction of sp³-hybridized carbons (Fsp3) is 0.353. The minimum absolute atomic E-state index is 0.120. The van der Waals surface area contributed by atoms with Crippen LogP contribution in [0.25, 0.3) is 0 Å². The smallest absolute Gasteiger partial charge is 0.333 e. The second-order valence-corrected chi connectivity index (χ2v) is 13.9. The molecule has 4 bridgehead atoms. The fourth-order valence-electron chi connectivity index (χ4n) is 7.58. The van der Waals surface area contributed by atoms with Crippen LogP contribution in [0.5, 0.6) is 5.75 Å². The van der Waals surface area contributed by atoms with Gasteiger partial charge in [0.05, 0.1) is 22.9 Å². The summed E-state index contributed by atoms with van der Waals surface area (Å²) in [6.07, 6.45) is 5.71. The zero-order valence-corrected chi connectivity index (χ0v) is 23.3. The lowest BCUT2D eigenvalue weighted by molar-refractivity contribution is -0.180. The standard InChI is InChI=1S/C34H35O4S/c1-24(2)31(35)37-23-33-18-25-17-26(19-33)21-34(20-25,22-33)32(36)38-27-13-15-30(16-14-27)39(28-9-5-3-6-10-28)29-11-7-4-8-12-29/h3-16,25-26H,1,17-23H2,2H3/q+1. The van der Waals surface area contributed by atoms with Gasteiger partial charge in [0.15, 0.2) is 14.7 Å². The monoisotopic (exact) mass is 539 g/mol. The van der Waals surface area contributed by atoms with Crippen molar-refractivity contribution >= 4 is 22.8 Å². The van der Waals surface area contributed by atoms with E-state index in [1.54, 1.807) is 6.92 Å². The Labute approximate surface area is 233 Å². The summed E-state index contributed by atoms with van der Waals surface area (Å²) in [5.74, 6) is 1.11. The van der Waals surface area contributed by atoms with Crippen LogP contribution in [0.15, 0.2) is 112 Å². The highest BCUT2D eigenvalue weighted by Gasteiger charge is 2.61. The highest BCUT2D eigenvalue weighted by molar-refractivity contribution is 7.97. The van der Waals surface area contributed by atoms with Gasteiger partial charge in [0.25, 0.3) is 0 Å². The Morgan fingerprint density at radius 1 is 0.821 bits per heavy atom. The van der Waals surface area contributed by atoms with E-state index in [9.17, 15) is 9.59 Å². The van der Waals surface area contributed by atoms with Gasteiger partial charge in [0.2, 0.25) is 0 Å². The fourth-order valence-corrected chi connectivity index (χ4v) is 9.67. The van der Waals surface area contributed by atoms with Gasteiger partial charge in [0.1, 0.15) is 5.75 Å². The molecule has 4 fully saturated rings. The number of carbonyl (C=O) groups is 2. The van der Waals surface area contributed by atoms with E-state index in [2.05, 4.69) is 67.2 Å². The number of rotatable bonds is 8. The minimum atomic E-state index is -0.489. The molecule has 7 rings (SSSR count). The average molecular weight is 540 g/mol. The van der Waals surface area contributed by atoms with E-state index in [1.807, 2.05) is 24.3 Å². The zero-order valence-electron chi connectivity index (χ0n) is 22.4. The molecule has 3 aromatic rings. The molecule has 2 unspecified atom stereocenters. The van der Waals surface area contributed by atoms with Gasteiger partial charge in [-0.2, -0.15) is 0 Å². The van der Waals surface area contributed by atoms with Crippen molar-refractivity contribution in [3.63, 3.8) is 0 Å². The predicted octanol–water partition coefficient (Wildman–Crippen LogP) is 7.39. The maximum Gasteiger partial charge on any atom is 0.333 e. The van der Waals surface area contributed by atoms with E-state index in [4.69, 9.17) is 9.47 Å². The second-order valence-electron chi connectivity index (χ2n) is 11.9. The van der Waals surface area contributed by atoms with Crippen molar-refractivity contribution in [2.24, 2.45) is 22.7 Å². The summed E-state index contributed by atoms with van der Waals surface area (Å²) in [6.45, 7) is 5.76. The van der Waals surface area contributed by atoms with Gasteiger partial charge in [-0.1, -0.05) is 43.0 Å². The number of esters is 2. The predicted molar refractivity (Wildman–Crippen MR) is 152 cm³/mol. The molecule has 0 aromatic heterocycles. The summed E-state index contributed by atoms with van der Waals surface area (Å²) < 4.78 is 11.7. The zero-order chi connectivity index (χ0) is 27.0. The van der Waals surface area contributed by atoms with Crippen molar-refractivity contribution in [3.05, 3.63) is 97.1 Å². The van der Waals surface area contributed by atoms with Gasteiger partial charge in [-0.25, -0.2) is 4.79 Å².